The number of sulfonamides is 1. The van der Waals surface area contributed by atoms with Crippen molar-refractivity contribution in [3.63, 3.8) is 0 Å². The largest absolute Gasteiger partial charge is 0.271 e. The summed E-state index contributed by atoms with van der Waals surface area (Å²) < 4.78 is 40.5. The first-order valence-corrected chi connectivity index (χ1v) is 10.5. The summed E-state index contributed by atoms with van der Waals surface area (Å²) in [7, 11) is -4.10. The molecule has 0 spiro atoms. The Morgan fingerprint density at radius 1 is 1.00 bits per heavy atom. The predicted molar refractivity (Wildman–Crippen MR) is 114 cm³/mol. The van der Waals surface area contributed by atoms with Crippen molar-refractivity contribution in [2.24, 2.45) is 5.10 Å². The maximum absolute atomic E-state index is 13.2. The Hall–Kier alpha value is -3.52. The van der Waals surface area contributed by atoms with Gasteiger partial charge in [0, 0.05) is 0 Å². The number of rotatable bonds is 7. The third-order valence-electron chi connectivity index (χ3n) is 4.21. The van der Waals surface area contributed by atoms with Gasteiger partial charge >= 0.3 is 0 Å². The van der Waals surface area contributed by atoms with E-state index in [1.54, 1.807) is 24.3 Å². The van der Waals surface area contributed by atoms with Crippen molar-refractivity contribution in [3.05, 3.63) is 95.8 Å². The fourth-order valence-electron chi connectivity index (χ4n) is 2.64. The van der Waals surface area contributed by atoms with Gasteiger partial charge in [-0.3, -0.25) is 9.10 Å². The highest BCUT2D eigenvalue weighted by Gasteiger charge is 2.27. The second-order valence-electron chi connectivity index (χ2n) is 6.51. The fourth-order valence-corrected chi connectivity index (χ4v) is 4.06. The molecule has 3 aromatic rings. The summed E-state index contributed by atoms with van der Waals surface area (Å²) in [5, 5.41) is 3.87. The van der Waals surface area contributed by atoms with Crippen LogP contribution < -0.4 is 9.73 Å². The predicted octanol–water partition coefficient (Wildman–Crippen LogP) is 3.48. The molecule has 6 nitrogen and oxygen atoms in total. The molecule has 0 aliphatic carbocycles. The highest BCUT2D eigenvalue weighted by atomic mass is 32.2. The smallest absolute Gasteiger partial charge is 0.264 e. The zero-order chi connectivity index (χ0) is 21.6. The first-order valence-electron chi connectivity index (χ1n) is 9.08. The molecule has 1 amide bonds. The van der Waals surface area contributed by atoms with Gasteiger partial charge in [0.2, 0.25) is 0 Å². The van der Waals surface area contributed by atoms with E-state index in [-0.39, 0.29) is 4.90 Å². The number of amides is 1. The number of carbonyl (C=O) groups excluding carboxylic acids is 1. The SMILES string of the molecule is Cc1ccc(N(CC(=O)N/N=C/c2ccccc2)S(=O)(=O)c2ccc(F)cc2)cc1. The average Bonchev–Trinajstić information content (AvgIpc) is 2.74. The molecule has 0 fully saturated rings. The van der Waals surface area contributed by atoms with Gasteiger partial charge in [0.05, 0.1) is 16.8 Å². The van der Waals surface area contributed by atoms with Crippen LogP contribution in [0, 0.1) is 12.7 Å². The van der Waals surface area contributed by atoms with Crippen molar-refractivity contribution >= 4 is 27.8 Å². The number of anilines is 1. The van der Waals surface area contributed by atoms with Crippen LogP contribution in [0.1, 0.15) is 11.1 Å². The Bertz CT molecular complexity index is 1130. The zero-order valence-corrected chi connectivity index (χ0v) is 17.0. The van der Waals surface area contributed by atoms with Gasteiger partial charge in [-0.05, 0) is 48.9 Å². The van der Waals surface area contributed by atoms with Gasteiger partial charge in [-0.15, -0.1) is 0 Å². The molecule has 1 N–H and O–H groups in total. The molecular formula is C22H20FN3O3S. The van der Waals surface area contributed by atoms with Crippen LogP contribution in [0.5, 0.6) is 0 Å². The first-order chi connectivity index (χ1) is 14.4. The van der Waals surface area contributed by atoms with Crippen molar-refractivity contribution < 1.29 is 17.6 Å². The molecule has 0 aliphatic rings. The van der Waals surface area contributed by atoms with Crippen LogP contribution in [-0.4, -0.2) is 27.1 Å². The number of aryl methyl sites for hydroxylation is 1. The van der Waals surface area contributed by atoms with Crippen LogP contribution in [0.25, 0.3) is 0 Å². The summed E-state index contributed by atoms with van der Waals surface area (Å²) in [5.74, 6) is -1.17. The molecule has 0 aliphatic heterocycles. The van der Waals surface area contributed by atoms with Crippen LogP contribution >= 0.6 is 0 Å². The molecule has 0 saturated heterocycles. The molecule has 3 rings (SSSR count). The topological polar surface area (TPSA) is 78.8 Å². The minimum Gasteiger partial charge on any atom is -0.271 e. The second-order valence-corrected chi connectivity index (χ2v) is 8.37. The lowest BCUT2D eigenvalue weighted by atomic mass is 10.2. The summed E-state index contributed by atoms with van der Waals surface area (Å²) >= 11 is 0. The molecule has 0 unspecified atom stereocenters. The lowest BCUT2D eigenvalue weighted by molar-refractivity contribution is -0.119. The molecule has 0 radical (unpaired) electrons. The van der Waals surface area contributed by atoms with E-state index in [9.17, 15) is 17.6 Å². The van der Waals surface area contributed by atoms with Crippen LogP contribution in [0.15, 0.2) is 88.9 Å². The lowest BCUT2D eigenvalue weighted by Crippen LogP contribution is -2.39. The van der Waals surface area contributed by atoms with E-state index in [2.05, 4.69) is 10.5 Å². The standard InChI is InChI=1S/C22H20FN3O3S/c1-17-7-11-20(12-8-17)26(30(28,29)21-13-9-19(23)10-14-21)16-22(27)25-24-15-18-5-3-2-4-6-18/h2-15H,16H2,1H3,(H,25,27)/b24-15+. The number of hydrogen-bond acceptors (Lipinski definition) is 4. The monoisotopic (exact) mass is 425 g/mol. The fraction of sp³-hybridized carbons (Fsp3) is 0.0909. The van der Waals surface area contributed by atoms with Crippen molar-refractivity contribution in [2.75, 3.05) is 10.8 Å². The third-order valence-corrected chi connectivity index (χ3v) is 6.00. The molecule has 0 aromatic heterocycles. The van der Waals surface area contributed by atoms with E-state index in [0.29, 0.717) is 5.69 Å². The highest BCUT2D eigenvalue weighted by Crippen LogP contribution is 2.24. The van der Waals surface area contributed by atoms with Crippen molar-refractivity contribution in [2.45, 2.75) is 11.8 Å². The van der Waals surface area contributed by atoms with E-state index in [4.69, 9.17) is 0 Å². The normalized spacial score (nSPS) is 11.4. The van der Waals surface area contributed by atoms with E-state index in [0.717, 1.165) is 39.7 Å². The first kappa shape index (κ1) is 21.2. The number of carbonyl (C=O) groups is 1. The number of halogens is 1. The highest BCUT2D eigenvalue weighted by molar-refractivity contribution is 7.92. The molecule has 0 atom stereocenters. The third kappa shape index (κ3) is 5.30. The zero-order valence-electron chi connectivity index (χ0n) is 16.2. The minimum atomic E-state index is -4.10. The van der Waals surface area contributed by atoms with Gasteiger partial charge in [-0.1, -0.05) is 48.0 Å². The van der Waals surface area contributed by atoms with Crippen LogP contribution in [0.3, 0.4) is 0 Å². The van der Waals surface area contributed by atoms with Crippen LogP contribution in [0.2, 0.25) is 0 Å². The molecule has 154 valence electrons. The Morgan fingerprint density at radius 2 is 1.63 bits per heavy atom. The van der Waals surface area contributed by atoms with Crippen LogP contribution in [0.4, 0.5) is 10.1 Å². The van der Waals surface area contributed by atoms with E-state index in [1.165, 1.54) is 6.21 Å². The van der Waals surface area contributed by atoms with Gasteiger partial charge in [0.25, 0.3) is 15.9 Å². The van der Waals surface area contributed by atoms with E-state index in [1.807, 2.05) is 37.3 Å². The molecule has 0 saturated carbocycles. The average molecular weight is 425 g/mol. The maximum Gasteiger partial charge on any atom is 0.264 e. The Morgan fingerprint density at radius 3 is 2.27 bits per heavy atom. The summed E-state index contributed by atoms with van der Waals surface area (Å²) in [6, 6.07) is 20.3. The second kappa shape index (κ2) is 9.32. The molecule has 0 bridgehead atoms. The van der Waals surface area contributed by atoms with E-state index < -0.39 is 28.3 Å². The maximum atomic E-state index is 13.2. The Labute approximate surface area is 174 Å². The molecule has 30 heavy (non-hydrogen) atoms. The molecule has 8 heteroatoms. The minimum absolute atomic E-state index is 0.120. The Kier molecular flexibility index (Phi) is 6.58. The van der Waals surface area contributed by atoms with Gasteiger partial charge < -0.3 is 0 Å². The van der Waals surface area contributed by atoms with E-state index >= 15 is 0 Å². The number of nitrogens with one attached hydrogen (secondary N) is 1. The van der Waals surface area contributed by atoms with Gasteiger partial charge in [0.15, 0.2) is 0 Å². The van der Waals surface area contributed by atoms with Gasteiger partial charge in [-0.2, -0.15) is 5.10 Å². The summed E-state index contributed by atoms with van der Waals surface area (Å²) in [6.07, 6.45) is 1.46. The van der Waals surface area contributed by atoms with Crippen molar-refractivity contribution in [3.8, 4) is 0 Å². The lowest BCUT2D eigenvalue weighted by Gasteiger charge is -2.23. The number of nitrogens with zero attached hydrogens (tertiary/aromatic N) is 2. The van der Waals surface area contributed by atoms with Crippen LogP contribution in [-0.2, 0) is 14.8 Å². The number of hydrogen-bond donors (Lipinski definition) is 1. The van der Waals surface area contributed by atoms with Crippen molar-refractivity contribution in [1.82, 2.24) is 5.43 Å². The summed E-state index contributed by atoms with van der Waals surface area (Å²) in [6.45, 7) is 1.38. The van der Waals surface area contributed by atoms with Gasteiger partial charge in [0.1, 0.15) is 12.4 Å². The molecular weight excluding hydrogens is 405 g/mol. The molecule has 0 heterocycles. The number of hydrazone groups is 1. The Balaban J connectivity index is 1.84. The van der Waals surface area contributed by atoms with Gasteiger partial charge in [-0.25, -0.2) is 18.2 Å². The summed E-state index contributed by atoms with van der Waals surface area (Å²) in [4.78, 5) is 12.3. The summed E-state index contributed by atoms with van der Waals surface area (Å²) in [5.41, 5.74) is 4.38. The molecule has 3 aromatic carbocycles. The quantitative estimate of drug-likeness (QED) is 0.465. The van der Waals surface area contributed by atoms with Crippen molar-refractivity contribution in [1.29, 1.82) is 0 Å². The number of benzene rings is 3.